The predicted molar refractivity (Wildman–Crippen MR) is 221 cm³/mol. The van der Waals surface area contributed by atoms with Crippen LogP contribution >= 0.6 is 23.1 Å². The largest absolute Gasteiger partial charge is 0.508 e. The summed E-state index contributed by atoms with van der Waals surface area (Å²) in [7, 11) is 2.74. The molecule has 282 valence electrons. The maximum absolute atomic E-state index is 14.2. The molecule has 0 aliphatic heterocycles. The van der Waals surface area contributed by atoms with Gasteiger partial charge in [-0.3, -0.25) is 14.4 Å². The molecule has 0 aliphatic rings. The van der Waals surface area contributed by atoms with Crippen LogP contribution < -0.4 is 20.7 Å². The number of anilines is 2. The highest BCUT2D eigenvalue weighted by Crippen LogP contribution is 2.40. The number of phenols is 1. The lowest BCUT2D eigenvalue weighted by Crippen LogP contribution is -2.30. The van der Waals surface area contributed by atoms with Gasteiger partial charge in [-0.1, -0.05) is 84.4 Å². The molecule has 4 N–H and O–H groups in total. The van der Waals surface area contributed by atoms with Gasteiger partial charge in [0.15, 0.2) is 0 Å². The standard InChI is InChI=1S/C44H37N3O7S2/c1-27-17-19-28(20-18-27)35-26-55-43(38(35)44(52)54-3)47-42(51)39(29-11-6-4-7-12-29)56-34-16-10-15-32(24-34)45-41(50)36(46-40(49)30-13-8-5-9-14-30)23-31-21-22-33(48)25-37(31)53-2/h4-26,39,48H,1-3H3,(H,45,50)(H,46,49)(H,47,51)/b36-23+. The van der Waals surface area contributed by atoms with Gasteiger partial charge in [-0.25, -0.2) is 4.79 Å². The van der Waals surface area contributed by atoms with E-state index in [1.165, 1.54) is 55.5 Å². The summed E-state index contributed by atoms with van der Waals surface area (Å²) in [6.07, 6.45) is 1.46. The molecule has 0 fully saturated rings. The number of ether oxygens (including phenoxy) is 2. The summed E-state index contributed by atoms with van der Waals surface area (Å²) in [5.74, 6) is -1.79. The molecule has 6 aromatic rings. The first-order chi connectivity index (χ1) is 27.1. The number of nitrogens with one attached hydrogen (secondary N) is 3. The number of thiophene rings is 1. The fraction of sp³-hybridized carbons (Fsp3) is 0.0909. The van der Waals surface area contributed by atoms with Crippen molar-refractivity contribution in [1.29, 1.82) is 0 Å². The highest BCUT2D eigenvalue weighted by atomic mass is 32.2. The molecule has 0 saturated heterocycles. The van der Waals surface area contributed by atoms with Crippen molar-refractivity contribution in [1.82, 2.24) is 5.32 Å². The molecular weight excluding hydrogens is 747 g/mol. The molecule has 3 amide bonds. The number of benzene rings is 5. The monoisotopic (exact) mass is 783 g/mol. The number of amides is 3. The molecule has 1 heterocycles. The molecule has 56 heavy (non-hydrogen) atoms. The Hall–Kier alpha value is -6.63. The number of esters is 1. The Balaban J connectivity index is 1.27. The molecule has 0 radical (unpaired) electrons. The van der Waals surface area contributed by atoms with E-state index in [-0.39, 0.29) is 22.9 Å². The van der Waals surface area contributed by atoms with Crippen LogP contribution in [0.25, 0.3) is 17.2 Å². The fourth-order valence-corrected chi connectivity index (χ4v) is 7.72. The van der Waals surface area contributed by atoms with Crippen molar-refractivity contribution in [3.8, 4) is 22.6 Å². The van der Waals surface area contributed by atoms with Crippen LogP contribution in [0.4, 0.5) is 10.7 Å². The van der Waals surface area contributed by atoms with Crippen LogP contribution in [-0.2, 0) is 14.3 Å². The number of methoxy groups -OCH3 is 2. The van der Waals surface area contributed by atoms with Crippen LogP contribution in [0.15, 0.2) is 143 Å². The highest BCUT2D eigenvalue weighted by molar-refractivity contribution is 8.00. The van der Waals surface area contributed by atoms with Crippen molar-refractivity contribution in [3.63, 3.8) is 0 Å². The molecule has 0 spiro atoms. The number of carbonyl (C=O) groups excluding carboxylic acids is 4. The van der Waals surface area contributed by atoms with Gasteiger partial charge < -0.3 is 30.5 Å². The Bertz CT molecular complexity index is 2400. The summed E-state index contributed by atoms with van der Waals surface area (Å²) >= 11 is 2.50. The second kappa shape index (κ2) is 18.1. The predicted octanol–water partition coefficient (Wildman–Crippen LogP) is 9.11. The summed E-state index contributed by atoms with van der Waals surface area (Å²) < 4.78 is 10.5. The van der Waals surface area contributed by atoms with E-state index in [9.17, 15) is 24.3 Å². The number of hydrogen-bond acceptors (Lipinski definition) is 9. The van der Waals surface area contributed by atoms with Gasteiger partial charge in [0.2, 0.25) is 5.91 Å². The second-order valence-corrected chi connectivity index (χ2v) is 14.5. The number of hydrogen-bond donors (Lipinski definition) is 4. The first-order valence-corrected chi connectivity index (χ1v) is 19.0. The van der Waals surface area contributed by atoms with Gasteiger partial charge in [0.05, 0.1) is 14.2 Å². The van der Waals surface area contributed by atoms with Gasteiger partial charge in [-0.05, 0) is 66.6 Å². The second-order valence-electron chi connectivity index (χ2n) is 12.4. The summed E-state index contributed by atoms with van der Waals surface area (Å²) in [5.41, 5.74) is 4.65. The summed E-state index contributed by atoms with van der Waals surface area (Å²) in [5, 5.41) is 20.0. The Labute approximate surface area is 332 Å². The van der Waals surface area contributed by atoms with Crippen molar-refractivity contribution in [2.24, 2.45) is 0 Å². The first-order valence-electron chi connectivity index (χ1n) is 17.3. The summed E-state index contributed by atoms with van der Waals surface area (Å²) in [6.45, 7) is 1.98. The smallest absolute Gasteiger partial charge is 0.341 e. The fourth-order valence-electron chi connectivity index (χ4n) is 5.68. The van der Waals surface area contributed by atoms with Crippen molar-refractivity contribution in [2.75, 3.05) is 24.9 Å². The van der Waals surface area contributed by atoms with Gasteiger partial charge in [0.25, 0.3) is 11.8 Å². The number of thioether (sulfide) groups is 1. The molecular formula is C44H37N3O7S2. The lowest BCUT2D eigenvalue weighted by Gasteiger charge is -2.18. The maximum atomic E-state index is 14.2. The quantitative estimate of drug-likeness (QED) is 0.0516. The number of phenolic OH excluding ortho intramolecular Hbond substituents is 1. The molecule has 1 aromatic heterocycles. The third kappa shape index (κ3) is 9.53. The summed E-state index contributed by atoms with van der Waals surface area (Å²) in [4.78, 5) is 55.0. The number of rotatable bonds is 13. The highest BCUT2D eigenvalue weighted by Gasteiger charge is 2.27. The molecule has 5 aromatic carbocycles. The molecule has 0 saturated carbocycles. The molecule has 0 bridgehead atoms. The van der Waals surface area contributed by atoms with E-state index >= 15 is 0 Å². The maximum Gasteiger partial charge on any atom is 0.341 e. The minimum atomic E-state index is -0.764. The molecule has 6 rings (SSSR count). The van der Waals surface area contributed by atoms with Crippen molar-refractivity contribution >= 4 is 63.6 Å². The minimum Gasteiger partial charge on any atom is -0.508 e. The van der Waals surface area contributed by atoms with Crippen LogP contribution in [0.3, 0.4) is 0 Å². The minimum absolute atomic E-state index is 0.0265. The van der Waals surface area contributed by atoms with Crippen molar-refractivity contribution in [2.45, 2.75) is 17.1 Å². The summed E-state index contributed by atoms with van der Waals surface area (Å²) in [6, 6.07) is 36.9. The Kier molecular flexibility index (Phi) is 12.7. The van der Waals surface area contributed by atoms with Crippen LogP contribution in [0.2, 0.25) is 0 Å². The van der Waals surface area contributed by atoms with E-state index in [0.29, 0.717) is 38.0 Å². The lowest BCUT2D eigenvalue weighted by atomic mass is 10.0. The van der Waals surface area contributed by atoms with Gasteiger partial charge in [0, 0.05) is 38.7 Å². The van der Waals surface area contributed by atoms with E-state index in [1.807, 2.05) is 73.0 Å². The normalized spacial score (nSPS) is 11.6. The Morgan fingerprint density at radius 1 is 0.804 bits per heavy atom. The molecule has 1 unspecified atom stereocenters. The number of aromatic hydroxyl groups is 1. The van der Waals surface area contributed by atoms with Gasteiger partial charge >= 0.3 is 5.97 Å². The zero-order chi connectivity index (χ0) is 39.6. The van der Waals surface area contributed by atoms with E-state index < -0.39 is 23.0 Å². The van der Waals surface area contributed by atoms with Crippen LogP contribution in [0.1, 0.15) is 42.7 Å². The molecule has 12 heteroatoms. The van der Waals surface area contributed by atoms with Crippen LogP contribution in [-0.4, -0.2) is 43.0 Å². The third-order valence-corrected chi connectivity index (χ3v) is 10.7. The van der Waals surface area contributed by atoms with Gasteiger partial charge in [-0.15, -0.1) is 23.1 Å². The molecule has 10 nitrogen and oxygen atoms in total. The van der Waals surface area contributed by atoms with Crippen molar-refractivity contribution < 1.29 is 33.8 Å². The SMILES string of the molecule is COC(=O)c1c(-c2ccc(C)cc2)csc1NC(=O)C(Sc1cccc(NC(=O)/C(=C\c2ccc(O)cc2OC)NC(=O)c2ccccc2)c1)c1ccccc1. The third-order valence-electron chi connectivity index (χ3n) is 8.51. The molecule has 0 aliphatic carbocycles. The number of carbonyl (C=O) groups is 4. The van der Waals surface area contributed by atoms with Gasteiger partial charge in [-0.2, -0.15) is 0 Å². The van der Waals surface area contributed by atoms with E-state index in [4.69, 9.17) is 9.47 Å². The Morgan fingerprint density at radius 3 is 2.21 bits per heavy atom. The number of aryl methyl sites for hydroxylation is 1. The zero-order valence-corrected chi connectivity index (χ0v) is 32.2. The van der Waals surface area contributed by atoms with Crippen LogP contribution in [0, 0.1) is 6.92 Å². The van der Waals surface area contributed by atoms with E-state index in [1.54, 1.807) is 54.6 Å². The zero-order valence-electron chi connectivity index (χ0n) is 30.6. The average molecular weight is 784 g/mol. The topological polar surface area (TPSA) is 143 Å². The molecule has 1 atom stereocenters. The van der Waals surface area contributed by atoms with Gasteiger partial charge in [0.1, 0.15) is 33.0 Å². The first kappa shape index (κ1) is 39.1. The lowest BCUT2D eigenvalue weighted by molar-refractivity contribution is -0.116. The van der Waals surface area contributed by atoms with E-state index in [2.05, 4.69) is 16.0 Å². The van der Waals surface area contributed by atoms with E-state index in [0.717, 1.165) is 16.7 Å². The average Bonchev–Trinajstić information content (AvgIpc) is 3.64. The van der Waals surface area contributed by atoms with Crippen LogP contribution in [0.5, 0.6) is 11.5 Å². The van der Waals surface area contributed by atoms with Crippen molar-refractivity contribution in [3.05, 3.63) is 166 Å². The Morgan fingerprint density at radius 2 is 1.52 bits per heavy atom.